The van der Waals surface area contributed by atoms with Crippen LogP contribution in [0, 0.1) is 18.8 Å². The van der Waals surface area contributed by atoms with E-state index in [1.165, 1.54) is 5.56 Å². The van der Waals surface area contributed by atoms with Gasteiger partial charge in [-0.1, -0.05) is 71.8 Å². The highest BCUT2D eigenvalue weighted by atomic mass is 35.5. The Labute approximate surface area is 211 Å². The molecular weight excluding hydrogens is 460 g/mol. The molecule has 5 unspecified atom stereocenters. The lowest BCUT2D eigenvalue weighted by Gasteiger charge is -2.40. The lowest BCUT2D eigenvalue weighted by Crippen LogP contribution is -2.54. The summed E-state index contributed by atoms with van der Waals surface area (Å²) in [6.45, 7) is 2.57. The Morgan fingerprint density at radius 3 is 2.51 bits per heavy atom. The van der Waals surface area contributed by atoms with Gasteiger partial charge in [-0.25, -0.2) is 10.9 Å². The number of ether oxygens (including phenoxy) is 1. The first-order valence-corrected chi connectivity index (χ1v) is 12.4. The molecule has 1 amide bonds. The van der Waals surface area contributed by atoms with Gasteiger partial charge in [0.1, 0.15) is 5.75 Å². The number of benzene rings is 3. The van der Waals surface area contributed by atoms with Gasteiger partial charge >= 0.3 is 0 Å². The van der Waals surface area contributed by atoms with Crippen LogP contribution >= 0.6 is 11.6 Å². The minimum Gasteiger partial charge on any atom is -0.496 e. The smallest absolute Gasteiger partial charge is 0.223 e. The quantitative estimate of drug-likeness (QED) is 0.412. The number of amides is 1. The summed E-state index contributed by atoms with van der Waals surface area (Å²) in [7, 11) is 1.68. The molecule has 6 nitrogen and oxygen atoms in total. The maximum Gasteiger partial charge on any atom is 0.223 e. The van der Waals surface area contributed by atoms with Crippen molar-refractivity contribution in [1.82, 2.24) is 21.5 Å². The fourth-order valence-corrected chi connectivity index (χ4v) is 5.46. The molecule has 0 bridgehead atoms. The molecule has 4 N–H and O–H groups in total. The Hall–Kier alpha value is -2.90. The molecule has 35 heavy (non-hydrogen) atoms. The molecule has 0 aromatic heterocycles. The number of methoxy groups -OCH3 is 1. The summed E-state index contributed by atoms with van der Waals surface area (Å²) in [6.07, 6.45) is 0.573. The number of para-hydroxylation sites is 1. The Bertz CT molecular complexity index is 1170. The van der Waals surface area contributed by atoms with E-state index >= 15 is 0 Å². The van der Waals surface area contributed by atoms with Crippen LogP contribution in [0.3, 0.4) is 0 Å². The number of piperidine rings is 1. The molecule has 5 atom stereocenters. The van der Waals surface area contributed by atoms with Crippen LogP contribution in [0.25, 0.3) is 0 Å². The van der Waals surface area contributed by atoms with Gasteiger partial charge < -0.3 is 10.1 Å². The highest BCUT2D eigenvalue weighted by Gasteiger charge is 2.49. The Kier molecular flexibility index (Phi) is 7.07. The van der Waals surface area contributed by atoms with E-state index < -0.39 is 0 Å². The molecule has 2 aliphatic heterocycles. The van der Waals surface area contributed by atoms with Gasteiger partial charge in [-0.3, -0.25) is 10.1 Å². The minimum absolute atomic E-state index is 0.0140. The Balaban J connectivity index is 1.42. The van der Waals surface area contributed by atoms with E-state index in [1.807, 2.05) is 42.5 Å². The van der Waals surface area contributed by atoms with Gasteiger partial charge in [-0.05, 0) is 42.7 Å². The summed E-state index contributed by atoms with van der Waals surface area (Å²) in [4.78, 5) is 13.7. The Morgan fingerprint density at radius 1 is 1.03 bits per heavy atom. The van der Waals surface area contributed by atoms with Crippen molar-refractivity contribution in [2.24, 2.45) is 11.8 Å². The number of nitrogens with one attached hydrogen (secondary N) is 4. The molecule has 5 rings (SSSR count). The number of fused-ring (bicyclic) bond motifs is 1. The third-order valence-corrected chi connectivity index (χ3v) is 7.42. The predicted octanol–water partition coefficient (Wildman–Crippen LogP) is 4.42. The summed E-state index contributed by atoms with van der Waals surface area (Å²) in [5.41, 5.74) is 11.3. The number of halogens is 1. The van der Waals surface area contributed by atoms with Gasteiger partial charge in [0.25, 0.3) is 0 Å². The number of rotatable bonds is 6. The molecule has 2 aliphatic rings. The van der Waals surface area contributed by atoms with Gasteiger partial charge in [-0.2, -0.15) is 0 Å². The molecule has 0 spiro atoms. The third-order valence-electron chi connectivity index (χ3n) is 7.17. The second-order valence-electron chi connectivity index (χ2n) is 9.38. The third kappa shape index (κ3) is 5.07. The van der Waals surface area contributed by atoms with Gasteiger partial charge in [-0.15, -0.1) is 0 Å². The highest BCUT2D eigenvalue weighted by Crippen LogP contribution is 2.44. The summed E-state index contributed by atoms with van der Waals surface area (Å²) in [5.74, 6) is 0.679. The molecule has 0 radical (unpaired) electrons. The van der Waals surface area contributed by atoms with Gasteiger partial charge in [0.15, 0.2) is 0 Å². The fourth-order valence-electron chi connectivity index (χ4n) is 5.33. The second kappa shape index (κ2) is 10.4. The molecule has 2 heterocycles. The maximum atomic E-state index is 13.7. The first kappa shape index (κ1) is 23.8. The molecule has 0 aliphatic carbocycles. The highest BCUT2D eigenvalue weighted by molar-refractivity contribution is 6.30. The summed E-state index contributed by atoms with van der Waals surface area (Å²) in [5, 5.41) is 7.63. The average Bonchev–Trinajstić information content (AvgIpc) is 3.32. The molecular formula is C28H31ClN4O2. The van der Waals surface area contributed by atoms with Gasteiger partial charge in [0.05, 0.1) is 19.3 Å². The van der Waals surface area contributed by atoms with Gasteiger partial charge in [0.2, 0.25) is 5.91 Å². The number of hydrazine groups is 1. The largest absolute Gasteiger partial charge is 0.496 e. The van der Waals surface area contributed by atoms with E-state index in [0.717, 1.165) is 22.4 Å². The standard InChI is InChI=1S/C28H31ClN4O2/c1-17-7-9-18(10-8-17)16-30-28(34)22-15-23(21-5-3-4-6-24(21)35-2)31-27-25(22)26(32-33-27)19-11-13-20(29)14-12-19/h3-14,22-23,25-27,31-33H,15-16H2,1-2H3,(H,30,34). The first-order valence-electron chi connectivity index (χ1n) is 12.0. The maximum absolute atomic E-state index is 13.7. The van der Waals surface area contributed by atoms with Crippen molar-refractivity contribution >= 4 is 17.5 Å². The van der Waals surface area contributed by atoms with E-state index in [1.54, 1.807) is 7.11 Å². The normalized spacial score (nSPS) is 25.6. The fraction of sp³-hybridized carbons (Fsp3) is 0.321. The van der Waals surface area contributed by atoms with Crippen LogP contribution in [0.4, 0.5) is 0 Å². The van der Waals surface area contributed by atoms with Crippen molar-refractivity contribution in [2.45, 2.75) is 38.1 Å². The zero-order chi connectivity index (χ0) is 24.4. The summed E-state index contributed by atoms with van der Waals surface area (Å²) in [6, 6.07) is 24.1. The number of hydrogen-bond donors (Lipinski definition) is 4. The van der Waals surface area contributed by atoms with E-state index in [0.29, 0.717) is 18.0 Å². The van der Waals surface area contributed by atoms with Gasteiger partial charge in [0, 0.05) is 35.0 Å². The van der Waals surface area contributed by atoms with Crippen LogP contribution in [-0.4, -0.2) is 19.2 Å². The van der Waals surface area contributed by atoms with Crippen LogP contribution in [0.1, 0.15) is 40.8 Å². The molecule has 3 aromatic carbocycles. The van der Waals surface area contributed by atoms with Crippen LogP contribution in [0.5, 0.6) is 5.75 Å². The van der Waals surface area contributed by atoms with Crippen molar-refractivity contribution in [3.63, 3.8) is 0 Å². The summed E-state index contributed by atoms with van der Waals surface area (Å²) >= 11 is 6.14. The topological polar surface area (TPSA) is 74.4 Å². The van der Waals surface area contributed by atoms with Crippen LogP contribution in [0.15, 0.2) is 72.8 Å². The van der Waals surface area contributed by atoms with E-state index in [-0.39, 0.29) is 36.0 Å². The van der Waals surface area contributed by atoms with Crippen molar-refractivity contribution in [3.8, 4) is 5.75 Å². The second-order valence-corrected chi connectivity index (χ2v) is 9.82. The molecule has 0 saturated carbocycles. The predicted molar refractivity (Wildman–Crippen MR) is 138 cm³/mol. The molecule has 3 aromatic rings. The van der Waals surface area contributed by atoms with E-state index in [2.05, 4.69) is 58.7 Å². The number of hydrogen-bond acceptors (Lipinski definition) is 5. The molecule has 2 fully saturated rings. The van der Waals surface area contributed by atoms with E-state index in [9.17, 15) is 4.79 Å². The molecule has 182 valence electrons. The summed E-state index contributed by atoms with van der Waals surface area (Å²) < 4.78 is 5.63. The zero-order valence-corrected chi connectivity index (χ0v) is 20.7. The SMILES string of the molecule is COc1ccccc1C1CC(C(=O)NCc2ccc(C)cc2)C2C(NNC2c2ccc(Cl)cc2)N1. The molecule has 7 heteroatoms. The van der Waals surface area contributed by atoms with Crippen molar-refractivity contribution in [2.75, 3.05) is 7.11 Å². The van der Waals surface area contributed by atoms with Crippen LogP contribution in [-0.2, 0) is 11.3 Å². The monoisotopic (exact) mass is 490 g/mol. The van der Waals surface area contributed by atoms with Crippen LogP contribution < -0.4 is 26.2 Å². The lowest BCUT2D eigenvalue weighted by molar-refractivity contribution is -0.129. The zero-order valence-electron chi connectivity index (χ0n) is 19.9. The Morgan fingerprint density at radius 2 is 1.77 bits per heavy atom. The number of aryl methyl sites for hydroxylation is 1. The van der Waals surface area contributed by atoms with Crippen LogP contribution in [0.2, 0.25) is 5.02 Å². The number of carbonyl (C=O) groups excluding carboxylic acids is 1. The molecule has 2 saturated heterocycles. The van der Waals surface area contributed by atoms with Crippen molar-refractivity contribution in [3.05, 3.63) is 100 Å². The van der Waals surface area contributed by atoms with Crippen molar-refractivity contribution in [1.29, 1.82) is 0 Å². The van der Waals surface area contributed by atoms with E-state index in [4.69, 9.17) is 16.3 Å². The lowest BCUT2D eigenvalue weighted by atomic mass is 9.74. The van der Waals surface area contributed by atoms with Crippen molar-refractivity contribution < 1.29 is 9.53 Å². The average molecular weight is 491 g/mol. The first-order chi connectivity index (χ1) is 17.0. The minimum atomic E-state index is -0.218. The number of carbonyl (C=O) groups is 1.